The van der Waals surface area contributed by atoms with Gasteiger partial charge in [0.2, 0.25) is 17.6 Å². The third-order valence-electron chi connectivity index (χ3n) is 2.50. The van der Waals surface area contributed by atoms with E-state index in [9.17, 15) is 29.9 Å². The van der Waals surface area contributed by atoms with Crippen LogP contribution in [0.5, 0.6) is 11.5 Å². The van der Waals surface area contributed by atoms with Gasteiger partial charge in [0, 0.05) is 12.1 Å². The number of benzene rings is 1. The fourth-order valence-corrected chi connectivity index (χ4v) is 1.37. The van der Waals surface area contributed by atoms with Gasteiger partial charge in [-0.25, -0.2) is 0 Å². The summed E-state index contributed by atoms with van der Waals surface area (Å²) in [6.07, 6.45) is 2.18. The summed E-state index contributed by atoms with van der Waals surface area (Å²) in [7, 11) is 0. The Labute approximate surface area is 118 Å². The molecule has 0 aliphatic heterocycles. The minimum Gasteiger partial charge on any atom is -0.504 e. The van der Waals surface area contributed by atoms with Crippen LogP contribution in [0.4, 0.5) is 5.69 Å². The molecule has 0 saturated carbocycles. The van der Waals surface area contributed by atoms with Gasteiger partial charge in [-0.05, 0) is 24.6 Å². The average molecular weight is 295 g/mol. The smallest absolute Gasteiger partial charge is 0.315 e. The lowest BCUT2D eigenvalue weighted by Gasteiger charge is -2.07. The molecule has 21 heavy (non-hydrogen) atoms. The van der Waals surface area contributed by atoms with Crippen molar-refractivity contribution in [3.05, 3.63) is 33.9 Å². The molecule has 0 heterocycles. The van der Waals surface area contributed by atoms with E-state index in [1.165, 1.54) is 13.0 Å². The zero-order chi connectivity index (χ0) is 16.2. The van der Waals surface area contributed by atoms with Crippen LogP contribution in [0.3, 0.4) is 0 Å². The molecule has 0 aliphatic carbocycles. The molecule has 1 aromatic carbocycles. The number of phenols is 2. The van der Waals surface area contributed by atoms with Crippen molar-refractivity contribution in [1.29, 1.82) is 0 Å². The predicted molar refractivity (Wildman–Crippen MR) is 72.3 cm³/mol. The summed E-state index contributed by atoms with van der Waals surface area (Å²) in [4.78, 5) is 32.0. The summed E-state index contributed by atoms with van der Waals surface area (Å²) < 4.78 is 0. The zero-order valence-corrected chi connectivity index (χ0v) is 10.9. The Morgan fingerprint density at radius 2 is 2.05 bits per heavy atom. The van der Waals surface area contributed by atoms with Crippen molar-refractivity contribution < 1.29 is 24.7 Å². The Morgan fingerprint density at radius 1 is 1.43 bits per heavy atom. The molecule has 0 spiro atoms. The van der Waals surface area contributed by atoms with Gasteiger partial charge in [0.15, 0.2) is 5.75 Å². The number of nitrogens with one attached hydrogen (secondary N) is 1. The number of nitro benzene ring substituents is 1. The molecule has 0 aromatic heterocycles. The van der Waals surface area contributed by atoms with Gasteiger partial charge in [0.1, 0.15) is 6.04 Å². The standard InChI is InChI=1S/C12H13N3O6/c1-6(12(13)19)14-10(17)3-2-7-4-8(15(20)21)11(18)9(16)5-7/h2-6,16,18H,1H3,(H2,13,19)(H,14,17)/b3-2+. The summed E-state index contributed by atoms with van der Waals surface area (Å²) >= 11 is 0. The first kappa shape index (κ1) is 16.0. The molecule has 9 nitrogen and oxygen atoms in total. The number of hydrogen-bond acceptors (Lipinski definition) is 6. The molecule has 1 unspecified atom stereocenters. The second kappa shape index (κ2) is 6.37. The first-order valence-electron chi connectivity index (χ1n) is 5.70. The molecule has 1 atom stereocenters. The molecule has 1 aromatic rings. The molecule has 0 saturated heterocycles. The fourth-order valence-electron chi connectivity index (χ4n) is 1.37. The molecule has 0 radical (unpaired) electrons. The van der Waals surface area contributed by atoms with E-state index in [1.54, 1.807) is 0 Å². The van der Waals surface area contributed by atoms with E-state index in [4.69, 9.17) is 5.73 Å². The van der Waals surface area contributed by atoms with Crippen molar-refractivity contribution in [2.24, 2.45) is 5.73 Å². The highest BCUT2D eigenvalue weighted by Crippen LogP contribution is 2.36. The molecular weight excluding hydrogens is 282 g/mol. The van der Waals surface area contributed by atoms with E-state index in [-0.39, 0.29) is 5.56 Å². The van der Waals surface area contributed by atoms with Crippen molar-refractivity contribution in [2.45, 2.75) is 13.0 Å². The topological polar surface area (TPSA) is 156 Å². The van der Waals surface area contributed by atoms with Crippen LogP contribution in [-0.2, 0) is 9.59 Å². The van der Waals surface area contributed by atoms with Crippen LogP contribution in [0.1, 0.15) is 12.5 Å². The van der Waals surface area contributed by atoms with E-state index in [0.29, 0.717) is 0 Å². The quantitative estimate of drug-likeness (QED) is 0.259. The summed E-state index contributed by atoms with van der Waals surface area (Å²) in [5, 5.41) is 31.6. The van der Waals surface area contributed by atoms with E-state index in [0.717, 1.165) is 18.2 Å². The predicted octanol–water partition coefficient (Wildman–Crippen LogP) is 0.00920. The number of nitro groups is 1. The minimum absolute atomic E-state index is 0.124. The molecule has 2 amide bonds. The number of carbonyl (C=O) groups is 2. The zero-order valence-electron chi connectivity index (χ0n) is 10.9. The maximum Gasteiger partial charge on any atom is 0.315 e. The van der Waals surface area contributed by atoms with Gasteiger partial charge in [-0.3, -0.25) is 19.7 Å². The van der Waals surface area contributed by atoms with Gasteiger partial charge in [-0.15, -0.1) is 0 Å². The van der Waals surface area contributed by atoms with E-state index in [2.05, 4.69) is 5.32 Å². The highest BCUT2D eigenvalue weighted by Gasteiger charge is 2.18. The number of rotatable bonds is 5. The van der Waals surface area contributed by atoms with E-state index >= 15 is 0 Å². The van der Waals surface area contributed by atoms with E-state index < -0.39 is 40.0 Å². The second-order valence-corrected chi connectivity index (χ2v) is 4.13. The summed E-state index contributed by atoms with van der Waals surface area (Å²) in [6, 6.07) is 1.16. The third kappa shape index (κ3) is 4.20. The lowest BCUT2D eigenvalue weighted by Crippen LogP contribution is -2.41. The monoisotopic (exact) mass is 295 g/mol. The third-order valence-corrected chi connectivity index (χ3v) is 2.50. The van der Waals surface area contributed by atoms with Gasteiger partial charge in [-0.1, -0.05) is 0 Å². The molecule has 1 rings (SSSR count). The molecular formula is C12H13N3O6. The molecule has 0 fully saturated rings. The average Bonchev–Trinajstić information content (AvgIpc) is 2.39. The SMILES string of the molecule is CC(NC(=O)/C=C/c1cc(O)c(O)c([N+](=O)[O-])c1)C(N)=O. The second-order valence-electron chi connectivity index (χ2n) is 4.13. The van der Waals surface area contributed by atoms with Crippen LogP contribution >= 0.6 is 0 Å². The Morgan fingerprint density at radius 3 is 2.57 bits per heavy atom. The maximum absolute atomic E-state index is 11.5. The lowest BCUT2D eigenvalue weighted by atomic mass is 10.1. The summed E-state index contributed by atoms with van der Waals surface area (Å²) in [5.74, 6) is -2.90. The van der Waals surface area contributed by atoms with E-state index in [1.807, 2.05) is 0 Å². The van der Waals surface area contributed by atoms with Crippen LogP contribution in [-0.4, -0.2) is 33.0 Å². The largest absolute Gasteiger partial charge is 0.504 e. The van der Waals surface area contributed by atoms with Crippen LogP contribution in [0, 0.1) is 10.1 Å². The molecule has 0 bridgehead atoms. The Hall–Kier alpha value is -3.10. The highest BCUT2D eigenvalue weighted by molar-refractivity contribution is 5.95. The van der Waals surface area contributed by atoms with Crippen LogP contribution in [0.2, 0.25) is 0 Å². The Kier molecular flexibility index (Phi) is 4.84. The van der Waals surface area contributed by atoms with Gasteiger partial charge in [0.05, 0.1) is 4.92 Å². The Balaban J connectivity index is 2.93. The maximum atomic E-state index is 11.5. The van der Waals surface area contributed by atoms with Gasteiger partial charge in [0.25, 0.3) is 0 Å². The van der Waals surface area contributed by atoms with Crippen molar-refractivity contribution in [1.82, 2.24) is 5.32 Å². The van der Waals surface area contributed by atoms with Gasteiger partial charge < -0.3 is 21.3 Å². The molecule has 112 valence electrons. The highest BCUT2D eigenvalue weighted by atomic mass is 16.6. The van der Waals surface area contributed by atoms with Crippen molar-refractivity contribution in [3.8, 4) is 11.5 Å². The normalized spacial score (nSPS) is 12.0. The Bertz CT molecular complexity index is 626. The van der Waals surface area contributed by atoms with Crippen molar-refractivity contribution in [3.63, 3.8) is 0 Å². The minimum atomic E-state index is -0.873. The number of hydrogen-bond donors (Lipinski definition) is 4. The lowest BCUT2D eigenvalue weighted by molar-refractivity contribution is -0.386. The van der Waals surface area contributed by atoms with Crippen molar-refractivity contribution in [2.75, 3.05) is 0 Å². The molecule has 0 aliphatic rings. The fraction of sp³-hybridized carbons (Fsp3) is 0.167. The van der Waals surface area contributed by atoms with Gasteiger partial charge in [-0.2, -0.15) is 0 Å². The van der Waals surface area contributed by atoms with Crippen LogP contribution < -0.4 is 11.1 Å². The first-order chi connectivity index (χ1) is 9.72. The van der Waals surface area contributed by atoms with Crippen molar-refractivity contribution >= 4 is 23.6 Å². The van der Waals surface area contributed by atoms with Crippen LogP contribution in [0.15, 0.2) is 18.2 Å². The first-order valence-corrected chi connectivity index (χ1v) is 5.70. The number of nitrogens with zero attached hydrogens (tertiary/aromatic N) is 1. The number of primary amides is 1. The number of amides is 2. The summed E-state index contributed by atoms with van der Waals surface area (Å²) in [6.45, 7) is 1.39. The number of carbonyl (C=O) groups excluding carboxylic acids is 2. The molecule has 5 N–H and O–H groups in total. The number of nitrogens with two attached hydrogens (primary N) is 1. The number of aromatic hydroxyl groups is 2. The van der Waals surface area contributed by atoms with Gasteiger partial charge >= 0.3 is 5.69 Å². The summed E-state index contributed by atoms with van der Waals surface area (Å²) in [5.41, 5.74) is 4.40. The van der Waals surface area contributed by atoms with Crippen LogP contribution in [0.25, 0.3) is 6.08 Å². The molecule has 9 heteroatoms. The number of phenolic OH excluding ortho intramolecular Hbond substituents is 2.